The van der Waals surface area contributed by atoms with Crippen molar-refractivity contribution in [1.29, 1.82) is 0 Å². The van der Waals surface area contributed by atoms with Gasteiger partial charge in [0.15, 0.2) is 0 Å². The summed E-state index contributed by atoms with van der Waals surface area (Å²) in [5.74, 6) is 8.08. The molecule has 0 saturated heterocycles. The molecule has 0 aliphatic heterocycles. The Hall–Kier alpha value is -3.56. The first-order valence-electron chi connectivity index (χ1n) is 14.6. The largest absolute Gasteiger partial charge is 0.496 e. The van der Waals surface area contributed by atoms with E-state index in [0.717, 1.165) is 67.5 Å². The second-order valence-corrected chi connectivity index (χ2v) is 11.7. The van der Waals surface area contributed by atoms with E-state index in [4.69, 9.17) is 4.74 Å². The molecule has 1 N–H and O–H groups in total. The number of anilines is 1. The molecule has 1 heterocycles. The Balaban J connectivity index is 1.34. The summed E-state index contributed by atoms with van der Waals surface area (Å²) in [6.07, 6.45) is 11.8. The van der Waals surface area contributed by atoms with Crippen molar-refractivity contribution in [2.24, 2.45) is 13.0 Å². The molecule has 2 saturated carbocycles. The van der Waals surface area contributed by atoms with Gasteiger partial charge in [0.1, 0.15) is 11.4 Å². The van der Waals surface area contributed by atoms with E-state index in [1.807, 2.05) is 42.4 Å². The van der Waals surface area contributed by atoms with Crippen molar-refractivity contribution in [1.82, 2.24) is 9.78 Å². The van der Waals surface area contributed by atoms with Crippen molar-refractivity contribution in [3.05, 3.63) is 77.1 Å². The summed E-state index contributed by atoms with van der Waals surface area (Å²) in [6, 6.07) is 14.4. The summed E-state index contributed by atoms with van der Waals surface area (Å²) >= 11 is 0. The maximum Gasteiger partial charge on any atom is 0.258 e. The average molecular weight is 540 g/mol. The third-order valence-corrected chi connectivity index (χ3v) is 8.72. The van der Waals surface area contributed by atoms with Crippen LogP contribution in [-0.4, -0.2) is 40.0 Å². The maximum absolute atomic E-state index is 14.0. The lowest BCUT2D eigenvalue weighted by Gasteiger charge is -2.38. The Morgan fingerprint density at radius 1 is 1.07 bits per heavy atom. The van der Waals surface area contributed by atoms with Gasteiger partial charge in [0, 0.05) is 31.0 Å². The molecule has 0 unspecified atom stereocenters. The molecule has 2 aliphatic rings. The number of aryl methyl sites for hydroxylation is 2. The molecule has 6 nitrogen and oxygen atoms in total. The summed E-state index contributed by atoms with van der Waals surface area (Å²) in [4.78, 5) is 15.9. The first kappa shape index (κ1) is 28.0. The third-order valence-electron chi connectivity index (χ3n) is 8.72. The number of amides is 1. The monoisotopic (exact) mass is 539 g/mol. The Bertz CT molecular complexity index is 1380. The minimum absolute atomic E-state index is 0.155. The van der Waals surface area contributed by atoms with Gasteiger partial charge in [-0.3, -0.25) is 9.48 Å². The van der Waals surface area contributed by atoms with E-state index in [1.165, 1.54) is 11.1 Å². The number of ether oxygens (including phenoxy) is 1. The highest BCUT2D eigenvalue weighted by molar-refractivity contribution is 5.99. The summed E-state index contributed by atoms with van der Waals surface area (Å²) < 4.78 is 7.18. The Morgan fingerprint density at radius 2 is 1.82 bits per heavy atom. The second kappa shape index (κ2) is 12.3. The second-order valence-electron chi connectivity index (χ2n) is 11.7. The molecule has 1 amide bonds. The van der Waals surface area contributed by atoms with E-state index in [9.17, 15) is 9.90 Å². The lowest BCUT2D eigenvalue weighted by Crippen LogP contribution is -2.51. The fourth-order valence-corrected chi connectivity index (χ4v) is 6.38. The molecule has 0 radical (unpaired) electrons. The molecular formula is C34H41N3O3. The number of methoxy groups -OCH3 is 1. The number of carbonyl (C=O) groups is 1. The van der Waals surface area contributed by atoms with Crippen LogP contribution in [0.3, 0.4) is 0 Å². The van der Waals surface area contributed by atoms with Crippen molar-refractivity contribution in [2.75, 3.05) is 18.6 Å². The molecule has 2 aromatic carbocycles. The number of nitrogens with zero attached hydrogens (tertiary/aromatic N) is 3. The van der Waals surface area contributed by atoms with Crippen molar-refractivity contribution >= 4 is 11.6 Å². The van der Waals surface area contributed by atoms with Gasteiger partial charge < -0.3 is 14.7 Å². The van der Waals surface area contributed by atoms with Gasteiger partial charge in [-0.15, -0.1) is 0 Å². The SMILES string of the molecule is COc1ccc(C2CCC(CN(C(=O)C3(O)CCCCC3)c3cccc(C#Cc4cnn(C)c4)c3)CC2)cc1C. The van der Waals surface area contributed by atoms with Crippen LogP contribution in [-0.2, 0) is 11.8 Å². The van der Waals surface area contributed by atoms with Crippen molar-refractivity contribution in [3.63, 3.8) is 0 Å². The molecule has 5 rings (SSSR count). The fourth-order valence-electron chi connectivity index (χ4n) is 6.38. The van der Waals surface area contributed by atoms with Gasteiger partial charge in [0.25, 0.3) is 5.91 Å². The molecule has 2 fully saturated rings. The van der Waals surface area contributed by atoms with Gasteiger partial charge in [-0.25, -0.2) is 0 Å². The molecule has 1 aromatic heterocycles. The number of carbonyl (C=O) groups excluding carboxylic acids is 1. The maximum atomic E-state index is 14.0. The van der Waals surface area contributed by atoms with E-state index in [1.54, 1.807) is 18.0 Å². The number of hydrogen-bond acceptors (Lipinski definition) is 4. The molecule has 0 spiro atoms. The normalized spacial score (nSPS) is 20.3. The smallest absolute Gasteiger partial charge is 0.258 e. The summed E-state index contributed by atoms with van der Waals surface area (Å²) in [5.41, 5.74) is 3.77. The highest BCUT2D eigenvalue weighted by atomic mass is 16.5. The first-order chi connectivity index (χ1) is 19.3. The Kier molecular flexibility index (Phi) is 8.61. The number of hydrogen-bond donors (Lipinski definition) is 1. The number of aromatic nitrogens is 2. The summed E-state index contributed by atoms with van der Waals surface area (Å²) in [6.45, 7) is 2.72. The van der Waals surface area contributed by atoms with Crippen LogP contribution in [0.15, 0.2) is 54.9 Å². The van der Waals surface area contributed by atoms with Crippen molar-refractivity contribution in [2.45, 2.75) is 76.2 Å². The lowest BCUT2D eigenvalue weighted by atomic mass is 9.77. The highest BCUT2D eigenvalue weighted by Gasteiger charge is 2.41. The van der Waals surface area contributed by atoms with E-state index in [0.29, 0.717) is 31.2 Å². The van der Waals surface area contributed by atoms with Crippen LogP contribution in [0.4, 0.5) is 5.69 Å². The van der Waals surface area contributed by atoms with Crippen LogP contribution in [0, 0.1) is 24.7 Å². The van der Waals surface area contributed by atoms with Crippen molar-refractivity contribution < 1.29 is 14.6 Å². The molecular weight excluding hydrogens is 498 g/mol. The number of rotatable bonds is 6. The lowest BCUT2D eigenvalue weighted by molar-refractivity contribution is -0.140. The molecule has 0 atom stereocenters. The van der Waals surface area contributed by atoms with Gasteiger partial charge in [-0.05, 0) is 92.7 Å². The van der Waals surface area contributed by atoms with E-state index < -0.39 is 5.60 Å². The van der Waals surface area contributed by atoms with Crippen LogP contribution in [0.1, 0.15) is 86.0 Å². The van der Waals surface area contributed by atoms with Crippen LogP contribution < -0.4 is 9.64 Å². The zero-order valence-electron chi connectivity index (χ0n) is 24.0. The third kappa shape index (κ3) is 6.42. The topological polar surface area (TPSA) is 67.6 Å². The van der Waals surface area contributed by atoms with Gasteiger partial charge in [-0.1, -0.05) is 49.3 Å². The molecule has 2 aliphatic carbocycles. The molecule has 40 heavy (non-hydrogen) atoms. The van der Waals surface area contributed by atoms with Crippen LogP contribution in [0.5, 0.6) is 5.75 Å². The Labute approximate surface area is 238 Å². The van der Waals surface area contributed by atoms with Gasteiger partial charge in [-0.2, -0.15) is 5.10 Å². The average Bonchev–Trinajstić information content (AvgIpc) is 3.40. The van der Waals surface area contributed by atoms with Crippen LogP contribution in [0.2, 0.25) is 0 Å². The predicted molar refractivity (Wildman–Crippen MR) is 158 cm³/mol. The Morgan fingerprint density at radius 3 is 2.50 bits per heavy atom. The quantitative estimate of drug-likeness (QED) is 0.382. The van der Waals surface area contributed by atoms with E-state index in [2.05, 4.69) is 42.1 Å². The molecule has 6 heteroatoms. The number of benzene rings is 2. The van der Waals surface area contributed by atoms with Crippen molar-refractivity contribution in [3.8, 4) is 17.6 Å². The molecule has 3 aromatic rings. The van der Waals surface area contributed by atoms with Crippen LogP contribution >= 0.6 is 0 Å². The summed E-state index contributed by atoms with van der Waals surface area (Å²) in [7, 11) is 3.59. The van der Waals surface area contributed by atoms with Gasteiger partial charge >= 0.3 is 0 Å². The van der Waals surface area contributed by atoms with Gasteiger partial charge in [0.2, 0.25) is 0 Å². The molecule has 210 valence electrons. The minimum Gasteiger partial charge on any atom is -0.496 e. The molecule has 0 bridgehead atoms. The standard InChI is InChI=1S/C34H41N3O3/c1-25-20-30(16-17-32(25)40-3)29-14-12-27(13-15-29)24-37(33(38)34(39)18-5-4-6-19-34)31-9-7-8-26(21-31)10-11-28-22-35-36(2)23-28/h7-9,16-17,20-23,27,29,39H,4-6,12-15,18-19,24H2,1-3H3. The summed E-state index contributed by atoms with van der Waals surface area (Å²) in [5, 5.41) is 15.6. The fraction of sp³-hybridized carbons (Fsp3) is 0.471. The zero-order valence-corrected chi connectivity index (χ0v) is 24.0. The number of aliphatic hydroxyl groups is 1. The van der Waals surface area contributed by atoms with Crippen LogP contribution in [0.25, 0.3) is 0 Å². The minimum atomic E-state index is -1.28. The van der Waals surface area contributed by atoms with E-state index >= 15 is 0 Å². The van der Waals surface area contributed by atoms with E-state index in [-0.39, 0.29) is 5.91 Å². The van der Waals surface area contributed by atoms with Gasteiger partial charge in [0.05, 0.1) is 18.9 Å². The zero-order chi connectivity index (χ0) is 28.1. The highest BCUT2D eigenvalue weighted by Crippen LogP contribution is 2.39. The predicted octanol–water partition coefficient (Wildman–Crippen LogP) is 6.14. The first-order valence-corrected chi connectivity index (χ1v) is 14.6.